The Morgan fingerprint density at radius 3 is 2.62 bits per heavy atom. The Hall–Kier alpha value is -1.18. The minimum absolute atomic E-state index is 0.175. The van der Waals surface area contributed by atoms with Gasteiger partial charge in [0.05, 0.1) is 10.2 Å². The van der Waals surface area contributed by atoms with Crippen molar-refractivity contribution in [2.75, 3.05) is 5.32 Å². The quantitative estimate of drug-likeness (QED) is 0.643. The summed E-state index contributed by atoms with van der Waals surface area (Å²) in [4.78, 5) is 4.43. The van der Waals surface area contributed by atoms with Crippen molar-refractivity contribution in [3.05, 3.63) is 18.2 Å². The zero-order chi connectivity index (χ0) is 15.8. The van der Waals surface area contributed by atoms with Gasteiger partial charge in [0.2, 0.25) is 8.32 Å². The molecule has 21 heavy (non-hydrogen) atoms. The van der Waals surface area contributed by atoms with E-state index in [-0.39, 0.29) is 10.2 Å². The van der Waals surface area contributed by atoms with E-state index in [1.807, 2.05) is 18.2 Å². The number of hydrogen-bond acceptors (Lipinski definition) is 4. The Morgan fingerprint density at radius 2 is 2.05 bits per heavy atom. The largest absolute Gasteiger partial charge is 0.543 e. The van der Waals surface area contributed by atoms with E-state index < -0.39 is 8.32 Å². The number of benzene rings is 1. The first kappa shape index (κ1) is 16.2. The highest BCUT2D eigenvalue weighted by Gasteiger charge is 2.38. The predicted octanol–water partition coefficient (Wildman–Crippen LogP) is 4.34. The third-order valence-electron chi connectivity index (χ3n) is 3.77. The molecule has 1 aromatic heterocycles. The number of nitrogens with zero attached hydrogens (tertiary/aromatic N) is 1. The lowest BCUT2D eigenvalue weighted by atomic mass is 10.2. The minimum Gasteiger partial charge on any atom is -0.543 e. The van der Waals surface area contributed by atoms with E-state index in [0.29, 0.717) is 5.13 Å². The van der Waals surface area contributed by atoms with Crippen LogP contribution < -0.4 is 15.5 Å². The van der Waals surface area contributed by atoms with Gasteiger partial charge in [0.1, 0.15) is 5.75 Å². The van der Waals surface area contributed by atoms with Crippen LogP contribution in [-0.4, -0.2) is 18.4 Å². The van der Waals surface area contributed by atoms with Gasteiger partial charge in [-0.3, -0.25) is 0 Å². The van der Waals surface area contributed by atoms with Crippen molar-refractivity contribution >= 4 is 52.3 Å². The number of hydrogen-bond donors (Lipinski definition) is 2. The molecule has 7 heteroatoms. The maximum Gasteiger partial charge on any atom is 0.250 e. The van der Waals surface area contributed by atoms with E-state index in [4.69, 9.17) is 22.4 Å². The predicted molar refractivity (Wildman–Crippen MR) is 97.9 cm³/mol. The third-order valence-corrected chi connectivity index (χ3v) is 9.16. The number of rotatable bonds is 3. The average molecular weight is 340 g/mol. The zero-order valence-corrected chi connectivity index (χ0v) is 15.6. The van der Waals surface area contributed by atoms with Crippen molar-refractivity contribution in [2.24, 2.45) is 5.73 Å². The zero-order valence-electron chi connectivity index (χ0n) is 13.0. The van der Waals surface area contributed by atoms with Crippen LogP contribution in [0.1, 0.15) is 20.8 Å². The van der Waals surface area contributed by atoms with E-state index in [2.05, 4.69) is 44.2 Å². The molecule has 1 aromatic carbocycles. The highest BCUT2D eigenvalue weighted by Crippen LogP contribution is 2.38. The molecule has 0 saturated heterocycles. The van der Waals surface area contributed by atoms with E-state index in [1.165, 1.54) is 11.3 Å². The van der Waals surface area contributed by atoms with E-state index >= 15 is 0 Å². The molecule has 0 radical (unpaired) electrons. The van der Waals surface area contributed by atoms with Crippen LogP contribution in [0.5, 0.6) is 5.75 Å². The van der Waals surface area contributed by atoms with Gasteiger partial charge in [-0.1, -0.05) is 32.1 Å². The Balaban J connectivity index is 2.29. The second-order valence-electron chi connectivity index (χ2n) is 6.50. The van der Waals surface area contributed by atoms with Gasteiger partial charge in [-0.2, -0.15) is 0 Å². The monoisotopic (exact) mass is 339 g/mol. The Bertz CT molecular complexity index is 676. The Kier molecular flexibility index (Phi) is 4.28. The standard InChI is InChI=1S/C14H21N3OS2Si/c1-14(2,3)21(4,5)18-9-6-7-10-11(8-9)20-13(16-10)17-12(15)19/h6-8H,1-5H3,(H3,15,16,17,19). The Morgan fingerprint density at radius 1 is 1.38 bits per heavy atom. The van der Waals surface area contributed by atoms with Gasteiger partial charge in [-0.15, -0.1) is 0 Å². The summed E-state index contributed by atoms with van der Waals surface area (Å²) >= 11 is 6.35. The molecule has 0 aliphatic rings. The molecule has 0 aliphatic heterocycles. The van der Waals surface area contributed by atoms with Gasteiger partial charge < -0.3 is 15.5 Å². The molecule has 0 bridgehead atoms. The van der Waals surface area contributed by atoms with Crippen molar-refractivity contribution in [1.29, 1.82) is 0 Å². The molecule has 114 valence electrons. The van der Waals surface area contributed by atoms with Crippen LogP contribution in [0.3, 0.4) is 0 Å². The summed E-state index contributed by atoms with van der Waals surface area (Å²) in [7, 11) is -1.82. The fourth-order valence-corrected chi connectivity index (χ4v) is 3.67. The number of fused-ring (bicyclic) bond motifs is 1. The van der Waals surface area contributed by atoms with Gasteiger partial charge in [0.15, 0.2) is 10.2 Å². The van der Waals surface area contributed by atoms with Crippen molar-refractivity contribution in [3.8, 4) is 5.75 Å². The minimum atomic E-state index is -1.82. The van der Waals surface area contributed by atoms with Crippen molar-refractivity contribution in [3.63, 3.8) is 0 Å². The topological polar surface area (TPSA) is 60.2 Å². The number of nitrogens with one attached hydrogen (secondary N) is 1. The average Bonchev–Trinajstić information content (AvgIpc) is 2.67. The molecular weight excluding hydrogens is 318 g/mol. The number of aromatic nitrogens is 1. The van der Waals surface area contributed by atoms with Gasteiger partial charge in [0.25, 0.3) is 0 Å². The lowest BCUT2D eigenvalue weighted by Crippen LogP contribution is -2.43. The van der Waals surface area contributed by atoms with Crippen LogP contribution in [0.4, 0.5) is 5.13 Å². The van der Waals surface area contributed by atoms with E-state index in [9.17, 15) is 0 Å². The SMILES string of the molecule is CC(C)(C)[Si](C)(C)Oc1ccc2nc(NC(N)=S)sc2c1. The van der Waals surface area contributed by atoms with Crippen LogP contribution >= 0.6 is 23.6 Å². The summed E-state index contributed by atoms with van der Waals surface area (Å²) in [6, 6.07) is 5.99. The highest BCUT2D eigenvalue weighted by atomic mass is 32.1. The van der Waals surface area contributed by atoms with Crippen molar-refractivity contribution in [2.45, 2.75) is 38.9 Å². The molecule has 1 heterocycles. The third kappa shape index (κ3) is 3.72. The number of thiocarbonyl (C=S) groups is 1. The molecule has 2 rings (SSSR count). The van der Waals surface area contributed by atoms with Crippen LogP contribution in [0, 0.1) is 0 Å². The lowest BCUT2D eigenvalue weighted by molar-refractivity contribution is 0.493. The molecule has 0 unspecified atom stereocenters. The second kappa shape index (κ2) is 5.55. The number of anilines is 1. The van der Waals surface area contributed by atoms with Gasteiger partial charge in [0, 0.05) is 0 Å². The molecule has 4 nitrogen and oxygen atoms in total. The maximum absolute atomic E-state index is 6.31. The number of nitrogens with two attached hydrogens (primary N) is 1. The lowest BCUT2D eigenvalue weighted by Gasteiger charge is -2.36. The van der Waals surface area contributed by atoms with Crippen molar-refractivity contribution < 1.29 is 4.43 Å². The van der Waals surface area contributed by atoms with Gasteiger partial charge in [-0.05, 0) is 48.5 Å². The molecule has 0 atom stereocenters. The summed E-state index contributed by atoms with van der Waals surface area (Å²) in [6.07, 6.45) is 0. The first-order valence-corrected chi connectivity index (χ1v) is 10.9. The first-order chi connectivity index (χ1) is 9.58. The summed E-state index contributed by atoms with van der Waals surface area (Å²) in [5.41, 5.74) is 6.39. The molecule has 2 aromatic rings. The summed E-state index contributed by atoms with van der Waals surface area (Å²) < 4.78 is 7.37. The number of thiazole rings is 1. The molecule has 0 saturated carbocycles. The van der Waals surface area contributed by atoms with Crippen LogP contribution in [0.25, 0.3) is 10.2 Å². The van der Waals surface area contributed by atoms with Crippen molar-refractivity contribution in [1.82, 2.24) is 4.98 Å². The summed E-state index contributed by atoms with van der Waals surface area (Å²) in [5.74, 6) is 0.902. The van der Waals surface area contributed by atoms with Crippen LogP contribution in [0.15, 0.2) is 18.2 Å². The molecule has 0 fully saturated rings. The summed E-state index contributed by atoms with van der Waals surface area (Å²) in [6.45, 7) is 11.2. The molecule has 3 N–H and O–H groups in total. The Labute approximate surface area is 135 Å². The smallest absolute Gasteiger partial charge is 0.250 e. The second-order valence-corrected chi connectivity index (χ2v) is 12.7. The maximum atomic E-state index is 6.31. The van der Waals surface area contributed by atoms with E-state index in [0.717, 1.165) is 16.0 Å². The van der Waals surface area contributed by atoms with Gasteiger partial charge >= 0.3 is 0 Å². The fraction of sp³-hybridized carbons (Fsp3) is 0.429. The fourth-order valence-electron chi connectivity index (χ4n) is 1.58. The summed E-state index contributed by atoms with van der Waals surface area (Å²) in [5, 5.41) is 3.98. The highest BCUT2D eigenvalue weighted by molar-refractivity contribution is 7.80. The van der Waals surface area contributed by atoms with Crippen LogP contribution in [0.2, 0.25) is 18.1 Å². The van der Waals surface area contributed by atoms with Gasteiger partial charge in [-0.25, -0.2) is 4.98 Å². The molecule has 0 spiro atoms. The first-order valence-electron chi connectivity index (χ1n) is 6.74. The van der Waals surface area contributed by atoms with E-state index in [1.54, 1.807) is 0 Å². The molecule has 0 aliphatic carbocycles. The molecular formula is C14H21N3OS2Si. The normalized spacial score (nSPS) is 12.4. The molecule has 0 amide bonds. The van der Waals surface area contributed by atoms with Crippen LogP contribution in [-0.2, 0) is 0 Å².